The molecule has 16 heavy (non-hydrogen) atoms. The molecule has 0 aliphatic carbocycles. The Morgan fingerprint density at radius 1 is 1.56 bits per heavy atom. The second-order valence-corrected chi connectivity index (χ2v) is 6.88. The van der Waals surface area contributed by atoms with Crippen LogP contribution in [0.25, 0.3) is 0 Å². The SMILES string of the molecule is CC(CS(C)(=O)=O)NC(=O)C1NCCC1C. The van der Waals surface area contributed by atoms with Crippen LogP contribution >= 0.6 is 0 Å². The molecule has 1 saturated heterocycles. The molecule has 0 bridgehead atoms. The highest BCUT2D eigenvalue weighted by Crippen LogP contribution is 2.14. The van der Waals surface area contributed by atoms with Crippen molar-refractivity contribution in [3.63, 3.8) is 0 Å². The number of carbonyl (C=O) groups is 1. The number of amides is 1. The summed E-state index contributed by atoms with van der Waals surface area (Å²) >= 11 is 0. The summed E-state index contributed by atoms with van der Waals surface area (Å²) in [4.78, 5) is 11.8. The highest BCUT2D eigenvalue weighted by atomic mass is 32.2. The average molecular weight is 248 g/mol. The van der Waals surface area contributed by atoms with Crippen LogP contribution in [-0.4, -0.2) is 45.0 Å². The van der Waals surface area contributed by atoms with Crippen molar-refractivity contribution < 1.29 is 13.2 Å². The van der Waals surface area contributed by atoms with Crippen molar-refractivity contribution >= 4 is 15.7 Å². The van der Waals surface area contributed by atoms with E-state index in [1.807, 2.05) is 6.92 Å². The molecule has 2 N–H and O–H groups in total. The van der Waals surface area contributed by atoms with E-state index in [-0.39, 0.29) is 23.7 Å². The van der Waals surface area contributed by atoms with Crippen molar-refractivity contribution in [2.24, 2.45) is 5.92 Å². The van der Waals surface area contributed by atoms with Crippen LogP contribution in [0.3, 0.4) is 0 Å². The summed E-state index contributed by atoms with van der Waals surface area (Å²) in [5, 5.41) is 5.84. The van der Waals surface area contributed by atoms with Gasteiger partial charge in [0.1, 0.15) is 9.84 Å². The second kappa shape index (κ2) is 5.14. The Bertz CT molecular complexity index is 353. The third-order valence-corrected chi connectivity index (χ3v) is 3.86. The predicted octanol–water partition coefficient (Wildman–Crippen LogP) is -0.466. The number of nitrogens with one attached hydrogen (secondary N) is 2. The minimum Gasteiger partial charge on any atom is -0.351 e. The van der Waals surface area contributed by atoms with Gasteiger partial charge in [-0.05, 0) is 25.8 Å². The van der Waals surface area contributed by atoms with Crippen molar-refractivity contribution in [1.29, 1.82) is 0 Å². The van der Waals surface area contributed by atoms with Crippen LogP contribution in [-0.2, 0) is 14.6 Å². The molecule has 0 aromatic carbocycles. The van der Waals surface area contributed by atoms with Crippen molar-refractivity contribution in [3.05, 3.63) is 0 Å². The second-order valence-electron chi connectivity index (χ2n) is 4.70. The molecule has 0 aromatic rings. The number of carbonyl (C=O) groups excluding carboxylic acids is 1. The highest BCUT2D eigenvalue weighted by molar-refractivity contribution is 7.90. The first kappa shape index (κ1) is 13.4. The van der Waals surface area contributed by atoms with Crippen LogP contribution in [0.15, 0.2) is 0 Å². The summed E-state index contributed by atoms with van der Waals surface area (Å²) in [6.45, 7) is 4.57. The van der Waals surface area contributed by atoms with Gasteiger partial charge in [0.05, 0.1) is 11.8 Å². The first-order chi connectivity index (χ1) is 7.29. The van der Waals surface area contributed by atoms with Gasteiger partial charge in [0.2, 0.25) is 5.91 Å². The van der Waals surface area contributed by atoms with Gasteiger partial charge in [-0.25, -0.2) is 8.42 Å². The molecule has 0 aromatic heterocycles. The number of sulfone groups is 1. The van der Waals surface area contributed by atoms with Crippen LogP contribution in [0.4, 0.5) is 0 Å². The molecule has 3 unspecified atom stereocenters. The zero-order valence-corrected chi connectivity index (χ0v) is 10.8. The topological polar surface area (TPSA) is 75.3 Å². The van der Waals surface area contributed by atoms with E-state index in [9.17, 15) is 13.2 Å². The van der Waals surface area contributed by atoms with E-state index >= 15 is 0 Å². The monoisotopic (exact) mass is 248 g/mol. The molecule has 6 heteroatoms. The molecule has 0 saturated carbocycles. The van der Waals surface area contributed by atoms with Gasteiger partial charge in [0, 0.05) is 12.3 Å². The lowest BCUT2D eigenvalue weighted by atomic mass is 10.0. The molecular weight excluding hydrogens is 228 g/mol. The lowest BCUT2D eigenvalue weighted by Gasteiger charge is -2.19. The Balaban J connectivity index is 2.45. The third kappa shape index (κ3) is 4.09. The largest absolute Gasteiger partial charge is 0.351 e. The average Bonchev–Trinajstić information content (AvgIpc) is 2.47. The Morgan fingerprint density at radius 2 is 2.19 bits per heavy atom. The molecule has 1 fully saturated rings. The maximum Gasteiger partial charge on any atom is 0.237 e. The Kier molecular flexibility index (Phi) is 4.32. The van der Waals surface area contributed by atoms with E-state index in [0.29, 0.717) is 5.92 Å². The summed E-state index contributed by atoms with van der Waals surface area (Å²) < 4.78 is 22.1. The van der Waals surface area contributed by atoms with Gasteiger partial charge in [-0.3, -0.25) is 4.79 Å². The van der Waals surface area contributed by atoms with Gasteiger partial charge in [-0.2, -0.15) is 0 Å². The normalized spacial score (nSPS) is 27.7. The van der Waals surface area contributed by atoms with E-state index in [1.165, 1.54) is 6.26 Å². The molecule has 3 atom stereocenters. The Hall–Kier alpha value is -0.620. The predicted molar refractivity (Wildman–Crippen MR) is 62.9 cm³/mol. The smallest absolute Gasteiger partial charge is 0.237 e. The fraction of sp³-hybridized carbons (Fsp3) is 0.900. The van der Waals surface area contributed by atoms with Gasteiger partial charge in [-0.1, -0.05) is 6.92 Å². The quantitative estimate of drug-likeness (QED) is 0.705. The summed E-state index contributed by atoms with van der Waals surface area (Å²) in [7, 11) is -3.04. The number of rotatable bonds is 4. The van der Waals surface area contributed by atoms with Gasteiger partial charge >= 0.3 is 0 Å². The summed E-state index contributed by atoms with van der Waals surface area (Å²) in [5.41, 5.74) is 0. The van der Waals surface area contributed by atoms with Gasteiger partial charge in [0.25, 0.3) is 0 Å². The standard InChI is InChI=1S/C10H20N2O3S/c1-7-4-5-11-9(7)10(13)12-8(2)6-16(3,14)15/h7-9,11H,4-6H2,1-3H3,(H,12,13). The maximum absolute atomic E-state index is 11.8. The van der Waals surface area contributed by atoms with Crippen LogP contribution in [0.5, 0.6) is 0 Å². The van der Waals surface area contributed by atoms with Crippen molar-refractivity contribution in [1.82, 2.24) is 10.6 Å². The zero-order chi connectivity index (χ0) is 12.3. The number of hydrogen-bond acceptors (Lipinski definition) is 4. The fourth-order valence-corrected chi connectivity index (χ4v) is 3.01. The zero-order valence-electron chi connectivity index (χ0n) is 9.99. The van der Waals surface area contributed by atoms with Crippen LogP contribution in [0.1, 0.15) is 20.3 Å². The van der Waals surface area contributed by atoms with Crippen LogP contribution in [0, 0.1) is 5.92 Å². The van der Waals surface area contributed by atoms with Crippen LogP contribution in [0.2, 0.25) is 0 Å². The van der Waals surface area contributed by atoms with Crippen molar-refractivity contribution in [2.75, 3.05) is 18.6 Å². The lowest BCUT2D eigenvalue weighted by Crippen LogP contribution is -2.48. The molecular formula is C10H20N2O3S. The molecule has 0 radical (unpaired) electrons. The fourth-order valence-electron chi connectivity index (χ4n) is 2.01. The van der Waals surface area contributed by atoms with Crippen LogP contribution < -0.4 is 10.6 Å². The van der Waals surface area contributed by atoms with Gasteiger partial charge < -0.3 is 10.6 Å². The minimum absolute atomic E-state index is 0.0140. The van der Waals surface area contributed by atoms with E-state index in [1.54, 1.807) is 6.92 Å². The van der Waals surface area contributed by atoms with E-state index in [2.05, 4.69) is 10.6 Å². The molecule has 5 nitrogen and oxygen atoms in total. The minimum atomic E-state index is -3.04. The van der Waals surface area contributed by atoms with Gasteiger partial charge in [0.15, 0.2) is 0 Å². The van der Waals surface area contributed by atoms with E-state index in [4.69, 9.17) is 0 Å². The van der Waals surface area contributed by atoms with Crippen molar-refractivity contribution in [2.45, 2.75) is 32.4 Å². The highest BCUT2D eigenvalue weighted by Gasteiger charge is 2.30. The number of hydrogen-bond donors (Lipinski definition) is 2. The summed E-state index contributed by atoms with van der Waals surface area (Å²) in [5.74, 6) is 0.200. The third-order valence-electron chi connectivity index (χ3n) is 2.76. The molecule has 1 aliphatic heterocycles. The molecule has 94 valence electrons. The van der Waals surface area contributed by atoms with Gasteiger partial charge in [-0.15, -0.1) is 0 Å². The summed E-state index contributed by atoms with van der Waals surface area (Å²) in [6, 6.07) is -0.515. The first-order valence-corrected chi connectivity index (χ1v) is 7.57. The molecule has 1 amide bonds. The first-order valence-electron chi connectivity index (χ1n) is 5.51. The molecule has 1 aliphatic rings. The van der Waals surface area contributed by atoms with E-state index < -0.39 is 9.84 Å². The summed E-state index contributed by atoms with van der Waals surface area (Å²) in [6.07, 6.45) is 2.16. The molecule has 1 heterocycles. The molecule has 0 spiro atoms. The van der Waals surface area contributed by atoms with Crippen molar-refractivity contribution in [3.8, 4) is 0 Å². The molecule has 1 rings (SSSR count). The lowest BCUT2D eigenvalue weighted by molar-refractivity contribution is -0.124. The maximum atomic E-state index is 11.8. The Labute approximate surface area is 96.9 Å². The Morgan fingerprint density at radius 3 is 2.62 bits per heavy atom. The van der Waals surface area contributed by atoms with E-state index in [0.717, 1.165) is 13.0 Å².